The van der Waals surface area contributed by atoms with Crippen molar-refractivity contribution < 1.29 is 18.7 Å². The zero-order valence-electron chi connectivity index (χ0n) is 17.1. The molecular weight excluding hydrogens is 377 g/mol. The number of carbonyl (C=O) groups is 2. The van der Waals surface area contributed by atoms with E-state index in [9.17, 15) is 14.0 Å². The van der Waals surface area contributed by atoms with E-state index in [1.807, 2.05) is 20.8 Å². The first-order valence-corrected chi connectivity index (χ1v) is 9.59. The number of amides is 2. The molecule has 1 aromatic carbocycles. The van der Waals surface area contributed by atoms with E-state index in [0.717, 1.165) is 5.56 Å². The number of aromatic nitrogens is 3. The lowest BCUT2D eigenvalue weighted by Crippen LogP contribution is -2.38. The van der Waals surface area contributed by atoms with E-state index in [2.05, 4.69) is 15.6 Å². The Morgan fingerprint density at radius 2 is 2.14 bits per heavy atom. The Kier molecular flexibility index (Phi) is 6.14. The third-order valence-corrected chi connectivity index (χ3v) is 4.88. The highest BCUT2D eigenvalue weighted by molar-refractivity contribution is 5.96. The van der Waals surface area contributed by atoms with Crippen LogP contribution in [-0.4, -0.2) is 63.6 Å². The highest BCUT2D eigenvalue weighted by atomic mass is 19.1. The van der Waals surface area contributed by atoms with Crippen molar-refractivity contribution >= 4 is 11.8 Å². The predicted molar refractivity (Wildman–Crippen MR) is 105 cm³/mol. The molecule has 0 aliphatic carbocycles. The van der Waals surface area contributed by atoms with Crippen molar-refractivity contribution in [1.29, 1.82) is 0 Å². The van der Waals surface area contributed by atoms with E-state index in [-0.39, 0.29) is 49.1 Å². The topological polar surface area (TPSA) is 89.4 Å². The molecule has 2 aromatic rings. The van der Waals surface area contributed by atoms with E-state index in [1.54, 1.807) is 25.3 Å². The van der Waals surface area contributed by atoms with Crippen molar-refractivity contribution in [2.75, 3.05) is 13.7 Å². The zero-order valence-corrected chi connectivity index (χ0v) is 17.1. The minimum atomic E-state index is -1.10. The highest BCUT2D eigenvalue weighted by Crippen LogP contribution is 2.26. The van der Waals surface area contributed by atoms with Crippen molar-refractivity contribution in [3.05, 3.63) is 41.2 Å². The monoisotopic (exact) mass is 403 g/mol. The third kappa shape index (κ3) is 4.72. The van der Waals surface area contributed by atoms with Gasteiger partial charge in [0, 0.05) is 18.0 Å². The number of aryl methyl sites for hydroxylation is 1. The zero-order chi connectivity index (χ0) is 21.1. The van der Waals surface area contributed by atoms with Gasteiger partial charge < -0.3 is 15.0 Å². The molecule has 2 atom stereocenters. The van der Waals surface area contributed by atoms with Crippen molar-refractivity contribution in [3.8, 4) is 5.75 Å². The number of likely N-dealkylation sites (tertiary alicyclic amines) is 1. The van der Waals surface area contributed by atoms with Crippen LogP contribution in [0.3, 0.4) is 0 Å². The number of methoxy groups -OCH3 is 1. The van der Waals surface area contributed by atoms with E-state index < -0.39 is 6.17 Å². The first-order chi connectivity index (χ1) is 13.8. The smallest absolute Gasteiger partial charge is 0.273 e. The van der Waals surface area contributed by atoms with Crippen LogP contribution in [0.4, 0.5) is 4.39 Å². The number of benzene rings is 1. The molecule has 3 rings (SSSR count). The Hall–Kier alpha value is -2.97. The number of ether oxygens (including phenoxy) is 1. The van der Waals surface area contributed by atoms with E-state index in [0.29, 0.717) is 11.3 Å². The second-order valence-electron chi connectivity index (χ2n) is 7.58. The number of nitrogens with zero attached hydrogens (tertiary/aromatic N) is 4. The number of nitrogens with one attached hydrogen (secondary N) is 1. The molecule has 0 radical (unpaired) electrons. The van der Waals surface area contributed by atoms with Crippen LogP contribution in [0.25, 0.3) is 0 Å². The van der Waals surface area contributed by atoms with Crippen LogP contribution in [-0.2, 0) is 6.54 Å². The van der Waals surface area contributed by atoms with Crippen LogP contribution in [0.15, 0.2) is 24.4 Å². The van der Waals surface area contributed by atoms with Gasteiger partial charge in [0.05, 0.1) is 32.4 Å². The molecule has 0 saturated carbocycles. The highest BCUT2D eigenvalue weighted by Gasteiger charge is 2.36. The van der Waals surface area contributed by atoms with Crippen LogP contribution in [0.2, 0.25) is 0 Å². The second kappa shape index (κ2) is 8.59. The molecule has 1 saturated heterocycles. The molecule has 8 nitrogen and oxygen atoms in total. The number of hydrogen-bond acceptors (Lipinski definition) is 5. The molecule has 29 heavy (non-hydrogen) atoms. The maximum atomic E-state index is 14.2. The minimum Gasteiger partial charge on any atom is -0.497 e. The van der Waals surface area contributed by atoms with Crippen LogP contribution < -0.4 is 10.1 Å². The molecule has 9 heteroatoms. The second-order valence-corrected chi connectivity index (χ2v) is 7.58. The van der Waals surface area contributed by atoms with Gasteiger partial charge in [0.15, 0.2) is 5.69 Å². The lowest BCUT2D eigenvalue weighted by Gasteiger charge is -2.25. The van der Waals surface area contributed by atoms with Gasteiger partial charge in [-0.15, -0.1) is 5.10 Å². The van der Waals surface area contributed by atoms with Crippen LogP contribution >= 0.6 is 0 Å². The largest absolute Gasteiger partial charge is 0.497 e. The van der Waals surface area contributed by atoms with Crippen LogP contribution in [0.5, 0.6) is 5.75 Å². The summed E-state index contributed by atoms with van der Waals surface area (Å²) < 4.78 is 20.8. The van der Waals surface area contributed by atoms with Crippen molar-refractivity contribution in [2.24, 2.45) is 0 Å². The standard InChI is InChI=1S/C20H26FN5O3/c1-12(2)22-19(27)18-11-25(24-23-18)10-15-8-14(21)9-26(15)20(28)17-6-5-16(29-4)7-13(17)3/h5-7,11-12,14-15H,8-10H2,1-4H3,(H,22,27)/t14-,15-/m0/s1. The number of carbonyl (C=O) groups excluding carboxylic acids is 2. The molecule has 156 valence electrons. The maximum Gasteiger partial charge on any atom is 0.273 e. The minimum absolute atomic E-state index is 0.0179. The number of rotatable bonds is 6. The molecule has 0 spiro atoms. The van der Waals surface area contributed by atoms with Gasteiger partial charge in [0.1, 0.15) is 11.9 Å². The fourth-order valence-electron chi connectivity index (χ4n) is 3.48. The van der Waals surface area contributed by atoms with Gasteiger partial charge in [-0.05, 0) is 44.5 Å². The van der Waals surface area contributed by atoms with Gasteiger partial charge in [-0.2, -0.15) is 0 Å². The molecule has 2 amide bonds. The Morgan fingerprint density at radius 3 is 2.79 bits per heavy atom. The molecule has 1 aromatic heterocycles. The van der Waals surface area contributed by atoms with E-state index in [4.69, 9.17) is 4.74 Å². The fourth-order valence-corrected chi connectivity index (χ4v) is 3.48. The SMILES string of the molecule is COc1ccc(C(=O)N2C[C@@H](F)C[C@H]2Cn2cc(C(=O)NC(C)C)nn2)c(C)c1. The Balaban J connectivity index is 1.75. The Bertz CT molecular complexity index is 898. The molecule has 1 N–H and O–H groups in total. The lowest BCUT2D eigenvalue weighted by atomic mass is 10.1. The molecule has 1 fully saturated rings. The molecule has 2 heterocycles. The Labute approximate surface area is 169 Å². The lowest BCUT2D eigenvalue weighted by molar-refractivity contribution is 0.0713. The van der Waals surface area contributed by atoms with Gasteiger partial charge in [-0.1, -0.05) is 5.21 Å². The van der Waals surface area contributed by atoms with Gasteiger partial charge in [0.2, 0.25) is 0 Å². The summed E-state index contributed by atoms with van der Waals surface area (Å²) >= 11 is 0. The quantitative estimate of drug-likeness (QED) is 0.797. The van der Waals surface area contributed by atoms with Crippen molar-refractivity contribution in [1.82, 2.24) is 25.2 Å². The number of halogens is 1. The average molecular weight is 403 g/mol. The van der Waals surface area contributed by atoms with Crippen LogP contribution in [0, 0.1) is 6.92 Å². The molecule has 1 aliphatic heterocycles. The molecule has 1 aliphatic rings. The predicted octanol–water partition coefficient (Wildman–Crippen LogP) is 1.99. The number of alkyl halides is 1. The van der Waals surface area contributed by atoms with Gasteiger partial charge in [0.25, 0.3) is 11.8 Å². The average Bonchev–Trinajstić information content (AvgIpc) is 3.27. The first-order valence-electron chi connectivity index (χ1n) is 9.59. The summed E-state index contributed by atoms with van der Waals surface area (Å²) in [4.78, 5) is 26.6. The van der Waals surface area contributed by atoms with Crippen molar-refractivity contribution in [3.63, 3.8) is 0 Å². The summed E-state index contributed by atoms with van der Waals surface area (Å²) in [5.74, 6) is 0.117. The summed E-state index contributed by atoms with van der Waals surface area (Å²) in [6.45, 7) is 5.83. The van der Waals surface area contributed by atoms with E-state index >= 15 is 0 Å². The van der Waals surface area contributed by atoms with Gasteiger partial charge in [-0.25, -0.2) is 9.07 Å². The first kappa shape index (κ1) is 20.8. The normalized spacial score (nSPS) is 18.9. The Morgan fingerprint density at radius 1 is 1.38 bits per heavy atom. The van der Waals surface area contributed by atoms with E-state index in [1.165, 1.54) is 15.8 Å². The van der Waals surface area contributed by atoms with Crippen LogP contribution in [0.1, 0.15) is 46.7 Å². The van der Waals surface area contributed by atoms with Gasteiger partial charge in [-0.3, -0.25) is 9.59 Å². The fraction of sp³-hybridized carbons (Fsp3) is 0.500. The molecular formula is C20H26FN5O3. The summed E-state index contributed by atoms with van der Waals surface area (Å²) in [6.07, 6.45) is 0.633. The summed E-state index contributed by atoms with van der Waals surface area (Å²) in [6, 6.07) is 4.80. The van der Waals surface area contributed by atoms with Crippen molar-refractivity contribution in [2.45, 2.75) is 52.0 Å². The summed E-state index contributed by atoms with van der Waals surface area (Å²) in [5.41, 5.74) is 1.47. The van der Waals surface area contributed by atoms with Gasteiger partial charge >= 0.3 is 0 Å². The molecule has 0 bridgehead atoms. The summed E-state index contributed by atoms with van der Waals surface area (Å²) in [7, 11) is 1.56. The third-order valence-electron chi connectivity index (χ3n) is 4.88. The molecule has 0 unspecified atom stereocenters. The summed E-state index contributed by atoms with van der Waals surface area (Å²) in [5, 5.41) is 10.6. The number of hydrogen-bond donors (Lipinski definition) is 1. The maximum absolute atomic E-state index is 14.2.